The largest absolute Gasteiger partial charge is 0.507 e. The zero-order valence-electron chi connectivity index (χ0n) is 21.7. The van der Waals surface area contributed by atoms with Gasteiger partial charge >= 0.3 is 0 Å². The number of hydrogen-bond donors (Lipinski definition) is 1. The summed E-state index contributed by atoms with van der Waals surface area (Å²) in [5.41, 5.74) is 1.14. The van der Waals surface area contributed by atoms with E-state index in [4.69, 9.17) is 14.2 Å². The molecule has 0 unspecified atom stereocenters. The van der Waals surface area contributed by atoms with Crippen LogP contribution in [0.4, 0.5) is 0 Å². The van der Waals surface area contributed by atoms with Gasteiger partial charge in [0.2, 0.25) is 0 Å². The number of aliphatic hydroxyl groups is 1. The average molecular weight is 497 g/mol. The highest BCUT2D eigenvalue weighted by Gasteiger charge is 2.46. The van der Waals surface area contributed by atoms with E-state index in [1.807, 2.05) is 6.92 Å². The highest BCUT2D eigenvalue weighted by atomic mass is 16.5. The maximum atomic E-state index is 13.3. The Bertz CT molecular complexity index is 1090. The number of ketones is 1. The fourth-order valence-electron chi connectivity index (χ4n) is 4.35. The average Bonchev–Trinajstić information content (AvgIpc) is 3.16. The van der Waals surface area contributed by atoms with Crippen LogP contribution in [0.1, 0.15) is 44.4 Å². The Morgan fingerprint density at radius 1 is 0.972 bits per heavy atom. The van der Waals surface area contributed by atoms with E-state index in [9.17, 15) is 14.7 Å². The first-order chi connectivity index (χ1) is 17.4. The molecule has 1 N–H and O–H groups in total. The van der Waals surface area contributed by atoms with Gasteiger partial charge in [-0.2, -0.15) is 0 Å². The second-order valence-electron chi connectivity index (χ2n) is 8.51. The van der Waals surface area contributed by atoms with Crippen molar-refractivity contribution < 1.29 is 28.9 Å². The Labute approximate surface area is 213 Å². The molecule has 1 fully saturated rings. The molecule has 1 aliphatic rings. The summed E-state index contributed by atoms with van der Waals surface area (Å²) >= 11 is 0. The number of rotatable bonds is 12. The van der Waals surface area contributed by atoms with E-state index < -0.39 is 17.7 Å². The SMILES string of the molecule is CCCOc1ccc(C(O)=C2C(=O)C(=O)N(CCN(CC)CC)[C@@H]2c2ccc(OC)c(OC)c2)cc1. The van der Waals surface area contributed by atoms with Gasteiger partial charge in [-0.25, -0.2) is 0 Å². The highest BCUT2D eigenvalue weighted by molar-refractivity contribution is 6.46. The van der Waals surface area contributed by atoms with Crippen molar-refractivity contribution in [3.8, 4) is 17.2 Å². The highest BCUT2D eigenvalue weighted by Crippen LogP contribution is 2.42. The Kier molecular flexibility index (Phi) is 9.36. The lowest BCUT2D eigenvalue weighted by molar-refractivity contribution is -0.140. The standard InChI is InChI=1S/C28H36N2O6/c1-6-17-36-21-12-9-19(10-13-21)26(31)24-25(20-11-14-22(34-4)23(18-20)35-5)30(28(33)27(24)32)16-15-29(7-2)8-3/h9-14,18,25,31H,6-8,15-17H2,1-5H3/t25-/m1/s1. The van der Waals surface area contributed by atoms with Gasteiger partial charge in [-0.1, -0.05) is 26.8 Å². The first kappa shape index (κ1) is 27.1. The molecular formula is C28H36N2O6. The number of carbonyl (C=O) groups is 2. The van der Waals surface area contributed by atoms with Gasteiger partial charge in [-0.15, -0.1) is 0 Å². The Morgan fingerprint density at radius 3 is 2.22 bits per heavy atom. The molecule has 8 nitrogen and oxygen atoms in total. The number of likely N-dealkylation sites (N-methyl/N-ethyl adjacent to an activating group) is 1. The number of amides is 1. The Morgan fingerprint density at radius 2 is 1.64 bits per heavy atom. The lowest BCUT2D eigenvalue weighted by atomic mass is 9.95. The molecule has 1 saturated heterocycles. The van der Waals surface area contributed by atoms with E-state index in [1.54, 1.807) is 49.6 Å². The number of carbonyl (C=O) groups excluding carboxylic acids is 2. The second kappa shape index (κ2) is 12.4. The van der Waals surface area contributed by atoms with Crippen molar-refractivity contribution in [3.05, 3.63) is 59.2 Å². The van der Waals surface area contributed by atoms with Gasteiger partial charge in [0, 0.05) is 18.7 Å². The Balaban J connectivity index is 2.09. The molecule has 2 aromatic rings. The fraction of sp³-hybridized carbons (Fsp3) is 0.429. The van der Waals surface area contributed by atoms with Crippen molar-refractivity contribution in [1.82, 2.24) is 9.80 Å². The summed E-state index contributed by atoms with van der Waals surface area (Å²) in [6.07, 6.45) is 0.879. The van der Waals surface area contributed by atoms with Gasteiger partial charge in [0.25, 0.3) is 11.7 Å². The van der Waals surface area contributed by atoms with E-state index in [0.717, 1.165) is 19.5 Å². The molecule has 1 heterocycles. The zero-order chi connectivity index (χ0) is 26.2. The van der Waals surface area contributed by atoms with Crippen molar-refractivity contribution in [2.24, 2.45) is 0 Å². The third-order valence-corrected chi connectivity index (χ3v) is 6.42. The number of aliphatic hydroxyl groups excluding tert-OH is 1. The van der Waals surface area contributed by atoms with Crippen LogP contribution in [0, 0.1) is 0 Å². The third-order valence-electron chi connectivity index (χ3n) is 6.42. The smallest absolute Gasteiger partial charge is 0.295 e. The molecule has 0 bridgehead atoms. The number of Topliss-reactive ketones (excluding diaryl/α,β-unsaturated/α-hetero) is 1. The summed E-state index contributed by atoms with van der Waals surface area (Å²) in [5.74, 6) is 0.111. The van der Waals surface area contributed by atoms with Crippen molar-refractivity contribution in [3.63, 3.8) is 0 Å². The van der Waals surface area contributed by atoms with E-state index in [2.05, 4.69) is 18.7 Å². The third kappa shape index (κ3) is 5.65. The van der Waals surface area contributed by atoms with Gasteiger partial charge in [-0.3, -0.25) is 9.59 Å². The molecule has 8 heteroatoms. The molecule has 36 heavy (non-hydrogen) atoms. The zero-order valence-corrected chi connectivity index (χ0v) is 21.7. The number of benzene rings is 2. The van der Waals surface area contributed by atoms with E-state index in [1.165, 1.54) is 12.0 Å². The maximum Gasteiger partial charge on any atom is 0.295 e. The summed E-state index contributed by atoms with van der Waals surface area (Å²) in [7, 11) is 3.07. The van der Waals surface area contributed by atoms with Crippen LogP contribution in [0.3, 0.4) is 0 Å². The van der Waals surface area contributed by atoms with Gasteiger partial charge in [0.15, 0.2) is 11.5 Å². The first-order valence-corrected chi connectivity index (χ1v) is 12.4. The van der Waals surface area contributed by atoms with Crippen LogP contribution < -0.4 is 14.2 Å². The summed E-state index contributed by atoms with van der Waals surface area (Å²) < 4.78 is 16.5. The molecule has 0 radical (unpaired) electrons. The van der Waals surface area contributed by atoms with Crippen molar-refractivity contribution in [2.45, 2.75) is 33.2 Å². The van der Waals surface area contributed by atoms with Crippen LogP contribution in [-0.2, 0) is 9.59 Å². The molecular weight excluding hydrogens is 460 g/mol. The predicted octanol–water partition coefficient (Wildman–Crippen LogP) is 4.26. The van der Waals surface area contributed by atoms with Gasteiger partial charge in [0.05, 0.1) is 32.4 Å². The number of hydrogen-bond acceptors (Lipinski definition) is 7. The molecule has 194 valence electrons. The number of methoxy groups -OCH3 is 2. The summed E-state index contributed by atoms with van der Waals surface area (Å²) in [5, 5.41) is 11.3. The van der Waals surface area contributed by atoms with E-state index in [-0.39, 0.29) is 11.3 Å². The molecule has 3 rings (SSSR count). The molecule has 1 aliphatic heterocycles. The van der Waals surface area contributed by atoms with Crippen LogP contribution >= 0.6 is 0 Å². The van der Waals surface area contributed by atoms with Crippen LogP contribution in [-0.4, -0.2) is 73.6 Å². The Hall–Kier alpha value is -3.52. The quantitative estimate of drug-likeness (QED) is 0.267. The monoisotopic (exact) mass is 496 g/mol. The molecule has 0 aliphatic carbocycles. The summed E-state index contributed by atoms with van der Waals surface area (Å²) in [4.78, 5) is 30.2. The molecule has 0 aromatic heterocycles. The van der Waals surface area contributed by atoms with Crippen molar-refractivity contribution in [2.75, 3.05) is 47.0 Å². The van der Waals surface area contributed by atoms with Crippen LogP contribution in [0.15, 0.2) is 48.0 Å². The molecule has 0 saturated carbocycles. The van der Waals surface area contributed by atoms with Crippen LogP contribution in [0.25, 0.3) is 5.76 Å². The molecule has 1 amide bonds. The first-order valence-electron chi connectivity index (χ1n) is 12.4. The van der Waals surface area contributed by atoms with E-state index in [0.29, 0.717) is 48.1 Å². The minimum atomic E-state index is -0.767. The summed E-state index contributed by atoms with van der Waals surface area (Å²) in [6, 6.07) is 11.4. The number of likely N-dealkylation sites (tertiary alicyclic amines) is 1. The van der Waals surface area contributed by atoms with Gasteiger partial charge < -0.3 is 29.1 Å². The lowest BCUT2D eigenvalue weighted by Gasteiger charge is -2.28. The minimum Gasteiger partial charge on any atom is -0.507 e. The topological polar surface area (TPSA) is 88.5 Å². The fourth-order valence-corrected chi connectivity index (χ4v) is 4.35. The second-order valence-corrected chi connectivity index (χ2v) is 8.51. The lowest BCUT2D eigenvalue weighted by Crippen LogP contribution is -2.38. The molecule has 0 spiro atoms. The van der Waals surface area contributed by atoms with E-state index >= 15 is 0 Å². The predicted molar refractivity (Wildman–Crippen MR) is 139 cm³/mol. The van der Waals surface area contributed by atoms with Crippen LogP contribution in [0.2, 0.25) is 0 Å². The van der Waals surface area contributed by atoms with Crippen LogP contribution in [0.5, 0.6) is 17.2 Å². The molecule has 1 atom stereocenters. The number of ether oxygens (including phenoxy) is 3. The van der Waals surface area contributed by atoms with Crippen molar-refractivity contribution >= 4 is 17.4 Å². The maximum absolute atomic E-state index is 13.3. The van der Waals surface area contributed by atoms with Gasteiger partial charge in [0.1, 0.15) is 11.5 Å². The minimum absolute atomic E-state index is 0.0500. The van der Waals surface area contributed by atoms with Crippen molar-refractivity contribution in [1.29, 1.82) is 0 Å². The summed E-state index contributed by atoms with van der Waals surface area (Å²) in [6.45, 7) is 9.31. The molecule has 2 aromatic carbocycles. The number of nitrogens with zero attached hydrogens (tertiary/aromatic N) is 2. The van der Waals surface area contributed by atoms with Gasteiger partial charge in [-0.05, 0) is 61.5 Å². The normalized spacial score (nSPS) is 17.1.